The molecule has 0 bridgehead atoms. The second-order valence-electron chi connectivity index (χ2n) is 5.48. The summed E-state index contributed by atoms with van der Waals surface area (Å²) in [7, 11) is -1.84. The zero-order chi connectivity index (χ0) is 18.6. The SMILES string of the molecule is CN(Cc1ccc(OC(F)F)cc1)C(=O)c1cccc(S(C)(=O)=O)c1. The van der Waals surface area contributed by atoms with E-state index < -0.39 is 16.4 Å². The summed E-state index contributed by atoms with van der Waals surface area (Å²) in [4.78, 5) is 13.9. The molecule has 0 unspecified atom stereocenters. The highest BCUT2D eigenvalue weighted by molar-refractivity contribution is 7.90. The number of hydrogen-bond acceptors (Lipinski definition) is 4. The average Bonchev–Trinajstić information content (AvgIpc) is 2.55. The van der Waals surface area contributed by atoms with Crippen LogP contribution in [0.25, 0.3) is 0 Å². The minimum absolute atomic E-state index is 0.0357. The number of nitrogens with zero attached hydrogens (tertiary/aromatic N) is 1. The predicted molar refractivity (Wildman–Crippen MR) is 88.4 cm³/mol. The van der Waals surface area contributed by atoms with Gasteiger partial charge in [-0.15, -0.1) is 0 Å². The van der Waals surface area contributed by atoms with E-state index in [1.54, 1.807) is 19.2 Å². The van der Waals surface area contributed by atoms with E-state index in [0.717, 1.165) is 11.8 Å². The zero-order valence-corrected chi connectivity index (χ0v) is 14.5. The number of carbonyl (C=O) groups excluding carboxylic acids is 1. The van der Waals surface area contributed by atoms with Gasteiger partial charge < -0.3 is 9.64 Å². The Bertz CT molecular complexity index is 851. The van der Waals surface area contributed by atoms with Crippen LogP contribution in [0.3, 0.4) is 0 Å². The van der Waals surface area contributed by atoms with Crippen LogP contribution in [-0.2, 0) is 16.4 Å². The number of hydrogen-bond donors (Lipinski definition) is 0. The fraction of sp³-hybridized carbons (Fsp3) is 0.235. The van der Waals surface area contributed by atoms with Gasteiger partial charge >= 0.3 is 6.61 Å². The molecule has 8 heteroatoms. The molecule has 5 nitrogen and oxygen atoms in total. The molecule has 0 spiro atoms. The van der Waals surface area contributed by atoms with Crippen molar-refractivity contribution in [2.45, 2.75) is 18.1 Å². The lowest BCUT2D eigenvalue weighted by molar-refractivity contribution is -0.0498. The van der Waals surface area contributed by atoms with Crippen molar-refractivity contribution in [1.82, 2.24) is 4.90 Å². The average molecular weight is 369 g/mol. The molecule has 2 aromatic carbocycles. The van der Waals surface area contributed by atoms with Crippen LogP contribution >= 0.6 is 0 Å². The summed E-state index contributed by atoms with van der Waals surface area (Å²) >= 11 is 0. The van der Waals surface area contributed by atoms with Gasteiger partial charge in [0, 0.05) is 25.4 Å². The Morgan fingerprint density at radius 2 is 1.80 bits per heavy atom. The molecule has 0 fully saturated rings. The minimum Gasteiger partial charge on any atom is -0.435 e. The molecule has 0 saturated heterocycles. The first-order chi connectivity index (χ1) is 11.7. The van der Waals surface area contributed by atoms with E-state index in [9.17, 15) is 22.0 Å². The number of benzene rings is 2. The van der Waals surface area contributed by atoms with Crippen LogP contribution in [0.2, 0.25) is 0 Å². The number of halogens is 2. The highest BCUT2D eigenvalue weighted by Gasteiger charge is 2.15. The summed E-state index contributed by atoms with van der Waals surface area (Å²) in [6.45, 7) is -2.66. The summed E-state index contributed by atoms with van der Waals surface area (Å²) in [5.74, 6) is -0.313. The smallest absolute Gasteiger partial charge is 0.387 e. The van der Waals surface area contributed by atoms with Gasteiger partial charge in [0.15, 0.2) is 9.84 Å². The van der Waals surface area contributed by atoms with Crippen molar-refractivity contribution in [3.8, 4) is 5.75 Å². The van der Waals surface area contributed by atoms with Crippen LogP contribution in [0.15, 0.2) is 53.4 Å². The molecule has 2 rings (SSSR count). The maximum absolute atomic E-state index is 12.4. The van der Waals surface area contributed by atoms with Crippen molar-refractivity contribution in [3.05, 3.63) is 59.7 Å². The molecule has 0 aromatic heterocycles. The second-order valence-corrected chi connectivity index (χ2v) is 7.50. The fourth-order valence-corrected chi connectivity index (χ4v) is 2.87. The van der Waals surface area contributed by atoms with Crippen molar-refractivity contribution in [1.29, 1.82) is 0 Å². The van der Waals surface area contributed by atoms with Crippen LogP contribution in [0, 0.1) is 0 Å². The third kappa shape index (κ3) is 5.25. The third-order valence-corrected chi connectivity index (χ3v) is 4.53. The summed E-state index contributed by atoms with van der Waals surface area (Å²) < 4.78 is 51.7. The number of rotatable bonds is 6. The Labute approximate surface area is 144 Å². The highest BCUT2D eigenvalue weighted by atomic mass is 32.2. The van der Waals surface area contributed by atoms with Crippen molar-refractivity contribution in [3.63, 3.8) is 0 Å². The van der Waals surface area contributed by atoms with Crippen molar-refractivity contribution in [2.75, 3.05) is 13.3 Å². The molecule has 134 valence electrons. The van der Waals surface area contributed by atoms with Gasteiger partial charge in [0.05, 0.1) is 4.90 Å². The molecule has 0 aliphatic heterocycles. The van der Waals surface area contributed by atoms with E-state index in [-0.39, 0.29) is 28.7 Å². The Morgan fingerprint density at radius 1 is 1.16 bits per heavy atom. The number of ether oxygens (including phenoxy) is 1. The lowest BCUT2D eigenvalue weighted by atomic mass is 10.1. The Kier molecular flexibility index (Phi) is 5.73. The van der Waals surface area contributed by atoms with Gasteiger partial charge in [0.1, 0.15) is 5.75 Å². The fourth-order valence-electron chi connectivity index (χ4n) is 2.20. The van der Waals surface area contributed by atoms with Gasteiger partial charge in [-0.1, -0.05) is 18.2 Å². The normalized spacial score (nSPS) is 11.4. The first-order valence-electron chi connectivity index (χ1n) is 7.26. The van der Waals surface area contributed by atoms with Crippen LogP contribution in [0.1, 0.15) is 15.9 Å². The largest absolute Gasteiger partial charge is 0.435 e. The predicted octanol–water partition coefficient (Wildman–Crippen LogP) is 2.96. The number of alkyl halides is 2. The number of amides is 1. The summed E-state index contributed by atoms with van der Waals surface area (Å²) in [5.41, 5.74) is 0.972. The summed E-state index contributed by atoms with van der Waals surface area (Å²) in [5, 5.41) is 0. The van der Waals surface area contributed by atoms with E-state index in [1.165, 1.54) is 41.3 Å². The molecule has 1 amide bonds. The molecule has 0 N–H and O–H groups in total. The molecular weight excluding hydrogens is 352 g/mol. The second kappa shape index (κ2) is 7.60. The standard InChI is InChI=1S/C17H17F2NO4S/c1-20(11-12-6-8-14(9-7-12)24-17(18)19)16(21)13-4-3-5-15(10-13)25(2,22)23/h3-10,17H,11H2,1-2H3. The van der Waals surface area contributed by atoms with Gasteiger partial charge in [-0.2, -0.15) is 8.78 Å². The molecule has 0 aliphatic rings. The van der Waals surface area contributed by atoms with E-state index in [4.69, 9.17) is 0 Å². The Morgan fingerprint density at radius 3 is 2.36 bits per heavy atom. The topological polar surface area (TPSA) is 63.7 Å². The van der Waals surface area contributed by atoms with E-state index >= 15 is 0 Å². The lowest BCUT2D eigenvalue weighted by Crippen LogP contribution is -2.26. The number of carbonyl (C=O) groups is 1. The Hall–Kier alpha value is -2.48. The molecular formula is C17H17F2NO4S. The highest BCUT2D eigenvalue weighted by Crippen LogP contribution is 2.17. The molecule has 0 radical (unpaired) electrons. The molecule has 2 aromatic rings. The van der Waals surface area contributed by atoms with Crippen molar-refractivity contribution in [2.24, 2.45) is 0 Å². The van der Waals surface area contributed by atoms with E-state index in [0.29, 0.717) is 0 Å². The molecule has 0 aliphatic carbocycles. The third-order valence-electron chi connectivity index (χ3n) is 3.42. The van der Waals surface area contributed by atoms with Gasteiger partial charge in [0.25, 0.3) is 5.91 Å². The van der Waals surface area contributed by atoms with Gasteiger partial charge in [-0.25, -0.2) is 8.42 Å². The van der Waals surface area contributed by atoms with Crippen LogP contribution in [0.4, 0.5) is 8.78 Å². The first-order valence-corrected chi connectivity index (χ1v) is 9.15. The summed E-state index contributed by atoms with van der Waals surface area (Å²) in [6.07, 6.45) is 1.07. The molecule has 0 atom stereocenters. The molecule has 0 saturated carbocycles. The lowest BCUT2D eigenvalue weighted by Gasteiger charge is -2.18. The monoisotopic (exact) mass is 369 g/mol. The van der Waals surface area contributed by atoms with Gasteiger partial charge in [0.2, 0.25) is 0 Å². The number of sulfone groups is 1. The zero-order valence-electron chi connectivity index (χ0n) is 13.6. The van der Waals surface area contributed by atoms with Gasteiger partial charge in [-0.3, -0.25) is 4.79 Å². The molecule has 25 heavy (non-hydrogen) atoms. The van der Waals surface area contributed by atoms with Crippen molar-refractivity contribution >= 4 is 15.7 Å². The van der Waals surface area contributed by atoms with Crippen molar-refractivity contribution < 1.29 is 26.7 Å². The Balaban J connectivity index is 2.10. The quantitative estimate of drug-likeness (QED) is 0.785. The van der Waals surface area contributed by atoms with E-state index in [1.807, 2.05) is 0 Å². The molecule has 0 heterocycles. The van der Waals surface area contributed by atoms with Gasteiger partial charge in [-0.05, 0) is 35.9 Å². The maximum Gasteiger partial charge on any atom is 0.387 e. The maximum atomic E-state index is 12.4. The van der Waals surface area contributed by atoms with Crippen LogP contribution < -0.4 is 4.74 Å². The van der Waals surface area contributed by atoms with Crippen LogP contribution in [-0.4, -0.2) is 39.1 Å². The minimum atomic E-state index is -3.40. The first kappa shape index (κ1) is 18.9. The summed E-state index contributed by atoms with van der Waals surface area (Å²) in [6, 6.07) is 11.7. The van der Waals surface area contributed by atoms with E-state index in [2.05, 4.69) is 4.74 Å². The van der Waals surface area contributed by atoms with Crippen LogP contribution in [0.5, 0.6) is 5.75 Å².